The van der Waals surface area contributed by atoms with E-state index in [4.69, 9.17) is 28.9 Å². The standard InChI is InChI=1S/C26H25Cl2F3N4O3S/c1-15-20(27)12-18(13-22(15)35-9-7-23(32)34-25(35)37)19(26(29,30)31)6-4-16-3-5-17(21(28)11-16)14-33-24(36)8-10-39(2)38/h3-7,9,11-13,19H,8,10,14H2,1-2H3,(H,33,36)(H2,32,34,37)/b6-4+. The van der Waals surface area contributed by atoms with E-state index in [-0.39, 0.29) is 51.7 Å². The lowest BCUT2D eigenvalue weighted by Gasteiger charge is -2.20. The van der Waals surface area contributed by atoms with E-state index in [1.807, 2.05) is 0 Å². The van der Waals surface area contributed by atoms with Gasteiger partial charge in [-0.3, -0.25) is 13.6 Å². The van der Waals surface area contributed by atoms with Gasteiger partial charge in [-0.2, -0.15) is 18.2 Å². The molecule has 1 amide bonds. The Balaban J connectivity index is 1.88. The van der Waals surface area contributed by atoms with E-state index in [0.717, 1.165) is 10.6 Å². The SMILES string of the molecule is Cc1c(Cl)cc(C(/C=C/c2ccc(CNC(=O)CCS(C)=O)c(Cl)c2)C(F)(F)F)cc1-n1ccc(N)nc1=O. The van der Waals surface area contributed by atoms with Crippen LogP contribution in [0.3, 0.4) is 0 Å². The Labute approximate surface area is 235 Å². The van der Waals surface area contributed by atoms with Gasteiger partial charge in [-0.1, -0.05) is 47.5 Å². The number of alkyl halides is 3. The largest absolute Gasteiger partial charge is 0.399 e. The van der Waals surface area contributed by atoms with Gasteiger partial charge in [0, 0.05) is 52.0 Å². The topological polar surface area (TPSA) is 107 Å². The van der Waals surface area contributed by atoms with Gasteiger partial charge >= 0.3 is 11.9 Å². The van der Waals surface area contributed by atoms with Crippen LogP contribution in [-0.4, -0.2) is 37.9 Å². The maximum absolute atomic E-state index is 14.2. The van der Waals surface area contributed by atoms with Crippen LogP contribution in [0.4, 0.5) is 19.0 Å². The van der Waals surface area contributed by atoms with Gasteiger partial charge in [0.2, 0.25) is 5.91 Å². The number of amides is 1. The number of halogens is 5. The highest BCUT2D eigenvalue weighted by molar-refractivity contribution is 7.84. The smallest absolute Gasteiger partial charge is 0.383 e. The number of hydrogen-bond acceptors (Lipinski definition) is 5. The lowest BCUT2D eigenvalue weighted by atomic mass is 9.95. The second-order valence-electron chi connectivity index (χ2n) is 8.69. The molecule has 7 nitrogen and oxygen atoms in total. The normalized spacial score (nSPS) is 13.4. The van der Waals surface area contributed by atoms with Crippen molar-refractivity contribution in [3.8, 4) is 5.69 Å². The van der Waals surface area contributed by atoms with Crippen LogP contribution in [0.2, 0.25) is 10.0 Å². The van der Waals surface area contributed by atoms with Gasteiger partial charge in [-0.05, 0) is 53.4 Å². The number of aromatic nitrogens is 2. The third-order valence-corrected chi connectivity index (χ3v) is 7.31. The molecule has 0 saturated carbocycles. The fraction of sp³-hybridized carbons (Fsp3) is 0.269. The maximum atomic E-state index is 14.2. The third-order valence-electron chi connectivity index (χ3n) is 5.79. The fourth-order valence-electron chi connectivity index (χ4n) is 3.66. The molecule has 0 spiro atoms. The quantitative estimate of drug-likeness (QED) is 0.352. The average molecular weight is 601 g/mol. The minimum atomic E-state index is -4.67. The molecule has 0 aliphatic rings. The molecule has 3 aromatic rings. The third kappa shape index (κ3) is 8.17. The molecule has 13 heteroatoms. The van der Waals surface area contributed by atoms with Crippen LogP contribution >= 0.6 is 23.2 Å². The molecular weight excluding hydrogens is 576 g/mol. The second-order valence-corrected chi connectivity index (χ2v) is 11.1. The molecule has 1 heterocycles. The first kappa shape index (κ1) is 30.4. The monoisotopic (exact) mass is 600 g/mol. The van der Waals surface area contributed by atoms with Crippen LogP contribution in [0.15, 0.2) is 53.5 Å². The molecule has 1 aromatic heterocycles. The highest BCUT2D eigenvalue weighted by Gasteiger charge is 2.39. The van der Waals surface area contributed by atoms with Gasteiger partial charge in [-0.15, -0.1) is 0 Å². The zero-order valence-electron chi connectivity index (χ0n) is 20.9. The van der Waals surface area contributed by atoms with Gasteiger partial charge in [0.25, 0.3) is 0 Å². The van der Waals surface area contributed by atoms with Crippen molar-refractivity contribution < 1.29 is 22.2 Å². The van der Waals surface area contributed by atoms with E-state index in [1.165, 1.54) is 42.8 Å². The fourth-order valence-corrected chi connectivity index (χ4v) is 4.61. The molecule has 208 valence electrons. The van der Waals surface area contributed by atoms with Crippen molar-refractivity contribution in [3.05, 3.63) is 91.5 Å². The van der Waals surface area contributed by atoms with Crippen LogP contribution < -0.4 is 16.7 Å². The Morgan fingerprint density at radius 3 is 2.54 bits per heavy atom. The van der Waals surface area contributed by atoms with Gasteiger partial charge in [0.1, 0.15) is 5.82 Å². The molecule has 2 aromatic carbocycles. The Morgan fingerprint density at radius 1 is 1.21 bits per heavy atom. The van der Waals surface area contributed by atoms with E-state index >= 15 is 0 Å². The lowest BCUT2D eigenvalue weighted by Crippen LogP contribution is -2.24. The molecule has 3 N–H and O–H groups in total. The van der Waals surface area contributed by atoms with E-state index in [2.05, 4.69) is 10.3 Å². The van der Waals surface area contributed by atoms with Crippen LogP contribution in [-0.2, 0) is 22.1 Å². The molecule has 3 rings (SSSR count). The number of anilines is 1. The van der Waals surface area contributed by atoms with Crippen molar-refractivity contribution >= 4 is 51.8 Å². The van der Waals surface area contributed by atoms with Crippen molar-refractivity contribution in [1.29, 1.82) is 0 Å². The minimum Gasteiger partial charge on any atom is -0.383 e. The number of carbonyl (C=O) groups excluding carboxylic acids is 1. The summed E-state index contributed by atoms with van der Waals surface area (Å²) in [5.41, 5.74) is 6.13. The number of carbonyl (C=O) groups is 1. The molecule has 39 heavy (non-hydrogen) atoms. The number of nitrogen functional groups attached to an aromatic ring is 1. The number of hydrogen-bond donors (Lipinski definition) is 2. The zero-order chi connectivity index (χ0) is 28.9. The molecule has 0 radical (unpaired) electrons. The predicted octanol–water partition coefficient (Wildman–Crippen LogP) is 5.17. The number of rotatable bonds is 9. The second kappa shape index (κ2) is 12.8. The molecule has 2 atom stereocenters. The summed E-state index contributed by atoms with van der Waals surface area (Å²) in [6.07, 6.45) is 0.522. The number of allylic oxidation sites excluding steroid dienone is 1. The van der Waals surface area contributed by atoms with E-state index in [1.54, 1.807) is 19.1 Å². The molecule has 0 bridgehead atoms. The number of nitrogens with zero attached hydrogens (tertiary/aromatic N) is 2. The van der Waals surface area contributed by atoms with Crippen LogP contribution in [0, 0.1) is 6.92 Å². The van der Waals surface area contributed by atoms with E-state index in [9.17, 15) is 27.0 Å². The number of benzene rings is 2. The van der Waals surface area contributed by atoms with Crippen molar-refractivity contribution in [2.75, 3.05) is 17.7 Å². The van der Waals surface area contributed by atoms with Crippen molar-refractivity contribution in [3.63, 3.8) is 0 Å². The van der Waals surface area contributed by atoms with Gasteiger partial charge in [0.05, 0.1) is 11.6 Å². The first-order valence-corrected chi connectivity index (χ1v) is 14.0. The lowest BCUT2D eigenvalue weighted by molar-refractivity contribution is -0.139. The summed E-state index contributed by atoms with van der Waals surface area (Å²) in [7, 11) is -1.09. The maximum Gasteiger partial charge on any atom is 0.399 e. The van der Waals surface area contributed by atoms with Crippen LogP contribution in [0.5, 0.6) is 0 Å². The highest BCUT2D eigenvalue weighted by atomic mass is 35.5. The number of nitrogens with one attached hydrogen (secondary N) is 1. The van der Waals surface area contributed by atoms with Crippen molar-refractivity contribution in [2.45, 2.75) is 32.0 Å². The van der Waals surface area contributed by atoms with Crippen LogP contribution in [0.1, 0.15) is 34.6 Å². The average Bonchev–Trinajstić information content (AvgIpc) is 2.83. The molecule has 0 saturated heterocycles. The van der Waals surface area contributed by atoms with Gasteiger partial charge in [-0.25, -0.2) is 4.79 Å². The Hall–Kier alpha value is -3.15. The molecule has 0 fully saturated rings. The number of nitrogens with two attached hydrogens (primary N) is 1. The predicted molar refractivity (Wildman–Crippen MR) is 149 cm³/mol. The van der Waals surface area contributed by atoms with Gasteiger partial charge < -0.3 is 11.1 Å². The van der Waals surface area contributed by atoms with E-state index < -0.39 is 28.6 Å². The van der Waals surface area contributed by atoms with Crippen LogP contribution in [0.25, 0.3) is 11.8 Å². The van der Waals surface area contributed by atoms with Gasteiger partial charge in [0.15, 0.2) is 0 Å². The highest BCUT2D eigenvalue weighted by Crippen LogP contribution is 2.39. The Morgan fingerprint density at radius 2 is 1.92 bits per heavy atom. The molecule has 0 aliphatic heterocycles. The first-order valence-electron chi connectivity index (χ1n) is 11.5. The van der Waals surface area contributed by atoms with Crippen molar-refractivity contribution in [1.82, 2.24) is 14.9 Å². The summed E-state index contributed by atoms with van der Waals surface area (Å²) < 4.78 is 54.7. The summed E-state index contributed by atoms with van der Waals surface area (Å²) in [5.74, 6) is -2.11. The first-order chi connectivity index (χ1) is 18.3. The summed E-state index contributed by atoms with van der Waals surface area (Å²) in [4.78, 5) is 27.8. The van der Waals surface area contributed by atoms with E-state index in [0.29, 0.717) is 16.7 Å². The summed E-state index contributed by atoms with van der Waals surface area (Å²) in [5, 5.41) is 2.98. The Kier molecular flexibility index (Phi) is 9.98. The molecule has 2 unspecified atom stereocenters. The summed E-state index contributed by atoms with van der Waals surface area (Å²) in [6, 6.07) is 8.48. The minimum absolute atomic E-state index is 0.0199. The molecule has 0 aliphatic carbocycles. The van der Waals surface area contributed by atoms with Crippen molar-refractivity contribution in [2.24, 2.45) is 0 Å². The summed E-state index contributed by atoms with van der Waals surface area (Å²) in [6.45, 7) is 1.70. The Bertz CT molecular complexity index is 1490. The summed E-state index contributed by atoms with van der Waals surface area (Å²) >= 11 is 12.6. The zero-order valence-corrected chi connectivity index (χ0v) is 23.2. The molecular formula is C26H25Cl2F3N4O3S.